The fourth-order valence-corrected chi connectivity index (χ4v) is 1.93. The van der Waals surface area contributed by atoms with Crippen LogP contribution in [0.5, 0.6) is 5.75 Å². The van der Waals surface area contributed by atoms with Gasteiger partial charge in [0.25, 0.3) is 0 Å². The first-order valence-electron chi connectivity index (χ1n) is 6.09. The Kier molecular flexibility index (Phi) is 3.95. The summed E-state index contributed by atoms with van der Waals surface area (Å²) in [7, 11) is 1.63. The first-order valence-corrected chi connectivity index (χ1v) is 6.09. The van der Waals surface area contributed by atoms with Gasteiger partial charge in [-0.05, 0) is 29.7 Å². The molecule has 0 saturated heterocycles. The lowest BCUT2D eigenvalue weighted by Gasteiger charge is -2.15. The highest BCUT2D eigenvalue weighted by atomic mass is 16.5. The third kappa shape index (κ3) is 2.51. The highest BCUT2D eigenvalue weighted by molar-refractivity contribution is 5.37. The van der Waals surface area contributed by atoms with Crippen molar-refractivity contribution in [1.82, 2.24) is 4.98 Å². The molecule has 18 heavy (non-hydrogen) atoms. The maximum absolute atomic E-state index is 6.24. The molecule has 1 unspecified atom stereocenters. The summed E-state index contributed by atoms with van der Waals surface area (Å²) in [4.78, 5) is 4.32. The van der Waals surface area contributed by atoms with Gasteiger partial charge in [0.05, 0.1) is 13.2 Å². The molecule has 0 aliphatic rings. The largest absolute Gasteiger partial charge is 0.495 e. The number of nitrogens with two attached hydrogens (primary N) is 1. The third-order valence-electron chi connectivity index (χ3n) is 3.06. The van der Waals surface area contributed by atoms with Crippen molar-refractivity contribution in [2.24, 2.45) is 5.73 Å². The van der Waals surface area contributed by atoms with Gasteiger partial charge in [0.1, 0.15) is 11.4 Å². The van der Waals surface area contributed by atoms with Crippen LogP contribution in [0, 0.1) is 0 Å². The molecule has 0 amide bonds. The van der Waals surface area contributed by atoms with E-state index in [0.717, 1.165) is 23.4 Å². The van der Waals surface area contributed by atoms with E-state index in [0.29, 0.717) is 0 Å². The van der Waals surface area contributed by atoms with Crippen molar-refractivity contribution in [3.8, 4) is 5.75 Å². The molecule has 2 aromatic rings. The van der Waals surface area contributed by atoms with Gasteiger partial charge in [0.15, 0.2) is 0 Å². The highest BCUT2D eigenvalue weighted by Gasteiger charge is 2.14. The number of methoxy groups -OCH3 is 1. The van der Waals surface area contributed by atoms with Crippen LogP contribution < -0.4 is 10.5 Å². The molecule has 2 rings (SSSR count). The van der Waals surface area contributed by atoms with Crippen molar-refractivity contribution >= 4 is 0 Å². The molecule has 94 valence electrons. The summed E-state index contributed by atoms with van der Waals surface area (Å²) in [5.74, 6) is 0.726. The highest BCUT2D eigenvalue weighted by Crippen LogP contribution is 2.25. The molecule has 1 heterocycles. The molecule has 0 saturated carbocycles. The Balaban J connectivity index is 2.31. The van der Waals surface area contributed by atoms with Gasteiger partial charge in [0, 0.05) is 6.20 Å². The van der Waals surface area contributed by atoms with Crippen molar-refractivity contribution < 1.29 is 4.74 Å². The Morgan fingerprint density at radius 3 is 2.56 bits per heavy atom. The minimum atomic E-state index is -0.257. The van der Waals surface area contributed by atoms with Crippen molar-refractivity contribution in [2.75, 3.05) is 7.11 Å². The van der Waals surface area contributed by atoms with Crippen LogP contribution in [-0.2, 0) is 6.42 Å². The zero-order chi connectivity index (χ0) is 13.0. The lowest BCUT2D eigenvalue weighted by Crippen LogP contribution is -2.14. The van der Waals surface area contributed by atoms with Crippen LogP contribution in [0.4, 0.5) is 0 Å². The van der Waals surface area contributed by atoms with E-state index in [1.165, 1.54) is 5.56 Å². The molecule has 1 aromatic carbocycles. The molecule has 0 fully saturated rings. The predicted octanol–water partition coefficient (Wildman–Crippen LogP) is 2.70. The van der Waals surface area contributed by atoms with E-state index in [1.807, 2.05) is 12.1 Å². The lowest BCUT2D eigenvalue weighted by atomic mass is 10.0. The van der Waals surface area contributed by atoms with E-state index in [1.54, 1.807) is 13.3 Å². The van der Waals surface area contributed by atoms with Gasteiger partial charge in [-0.2, -0.15) is 0 Å². The molecule has 0 radical (unpaired) electrons. The van der Waals surface area contributed by atoms with Gasteiger partial charge in [-0.3, -0.25) is 4.98 Å². The molecule has 0 aliphatic heterocycles. The van der Waals surface area contributed by atoms with Gasteiger partial charge >= 0.3 is 0 Å². The minimum Gasteiger partial charge on any atom is -0.495 e. The van der Waals surface area contributed by atoms with E-state index in [2.05, 4.69) is 36.2 Å². The van der Waals surface area contributed by atoms with Gasteiger partial charge in [-0.25, -0.2) is 0 Å². The molecule has 0 spiro atoms. The topological polar surface area (TPSA) is 48.1 Å². The maximum atomic E-state index is 6.24. The number of hydrogen-bond acceptors (Lipinski definition) is 3. The van der Waals surface area contributed by atoms with Gasteiger partial charge < -0.3 is 10.5 Å². The van der Waals surface area contributed by atoms with Gasteiger partial charge in [-0.1, -0.05) is 31.2 Å². The second kappa shape index (κ2) is 5.65. The molecular weight excluding hydrogens is 224 g/mol. The van der Waals surface area contributed by atoms with Crippen LogP contribution in [0.25, 0.3) is 0 Å². The molecule has 3 nitrogen and oxygen atoms in total. The van der Waals surface area contributed by atoms with Crippen LogP contribution in [0.1, 0.15) is 29.8 Å². The van der Waals surface area contributed by atoms with Crippen LogP contribution in [0.3, 0.4) is 0 Å². The number of benzene rings is 1. The fraction of sp³-hybridized carbons (Fsp3) is 0.267. The molecule has 2 N–H and O–H groups in total. The van der Waals surface area contributed by atoms with Crippen LogP contribution in [-0.4, -0.2) is 12.1 Å². The Labute approximate surface area is 108 Å². The second-order valence-corrected chi connectivity index (χ2v) is 4.16. The Hall–Kier alpha value is -1.87. The quantitative estimate of drug-likeness (QED) is 0.896. The van der Waals surface area contributed by atoms with Crippen LogP contribution >= 0.6 is 0 Å². The monoisotopic (exact) mass is 242 g/mol. The summed E-state index contributed by atoms with van der Waals surface area (Å²) in [5.41, 5.74) is 9.36. The van der Waals surface area contributed by atoms with Crippen molar-refractivity contribution in [3.63, 3.8) is 0 Å². The smallest absolute Gasteiger partial charge is 0.142 e. The van der Waals surface area contributed by atoms with E-state index in [-0.39, 0.29) is 6.04 Å². The van der Waals surface area contributed by atoms with Gasteiger partial charge in [-0.15, -0.1) is 0 Å². The first kappa shape index (κ1) is 12.6. The number of ether oxygens (including phenoxy) is 1. The molecule has 0 aliphatic carbocycles. The minimum absolute atomic E-state index is 0.257. The normalized spacial score (nSPS) is 12.2. The van der Waals surface area contributed by atoms with Crippen molar-refractivity contribution in [2.45, 2.75) is 19.4 Å². The molecule has 0 bridgehead atoms. The van der Waals surface area contributed by atoms with E-state index < -0.39 is 0 Å². The summed E-state index contributed by atoms with van der Waals surface area (Å²) < 4.78 is 5.29. The van der Waals surface area contributed by atoms with Gasteiger partial charge in [0.2, 0.25) is 0 Å². The molecular formula is C15H18N2O. The average Bonchev–Trinajstić information content (AvgIpc) is 2.46. The predicted molar refractivity (Wildman–Crippen MR) is 72.6 cm³/mol. The van der Waals surface area contributed by atoms with Crippen LogP contribution in [0.15, 0.2) is 42.6 Å². The number of hydrogen-bond donors (Lipinski definition) is 1. The molecule has 3 heteroatoms. The van der Waals surface area contributed by atoms with E-state index in [9.17, 15) is 0 Å². The Morgan fingerprint density at radius 1 is 1.22 bits per heavy atom. The second-order valence-electron chi connectivity index (χ2n) is 4.16. The number of pyridine rings is 1. The van der Waals surface area contributed by atoms with Crippen LogP contribution in [0.2, 0.25) is 0 Å². The molecule has 1 atom stereocenters. The Bertz CT molecular complexity index is 508. The average molecular weight is 242 g/mol. The molecule has 1 aromatic heterocycles. The Morgan fingerprint density at radius 2 is 1.94 bits per heavy atom. The SMILES string of the molecule is CCc1ccc(C(N)c2ncccc2OC)cc1. The zero-order valence-corrected chi connectivity index (χ0v) is 10.8. The fourth-order valence-electron chi connectivity index (χ4n) is 1.93. The lowest BCUT2D eigenvalue weighted by molar-refractivity contribution is 0.404. The maximum Gasteiger partial charge on any atom is 0.142 e. The third-order valence-corrected chi connectivity index (χ3v) is 3.06. The number of rotatable bonds is 4. The number of nitrogens with zero attached hydrogens (tertiary/aromatic N) is 1. The summed E-state index contributed by atoms with van der Waals surface area (Å²) in [6, 6.07) is 11.8. The van der Waals surface area contributed by atoms with E-state index >= 15 is 0 Å². The zero-order valence-electron chi connectivity index (χ0n) is 10.8. The summed E-state index contributed by atoms with van der Waals surface area (Å²) in [6.07, 6.45) is 2.76. The summed E-state index contributed by atoms with van der Waals surface area (Å²) >= 11 is 0. The summed E-state index contributed by atoms with van der Waals surface area (Å²) in [6.45, 7) is 2.14. The van der Waals surface area contributed by atoms with Crippen molar-refractivity contribution in [3.05, 3.63) is 59.4 Å². The van der Waals surface area contributed by atoms with Crippen molar-refractivity contribution in [1.29, 1.82) is 0 Å². The number of aromatic nitrogens is 1. The standard InChI is InChI=1S/C15H18N2O/c1-3-11-6-8-12(9-7-11)14(16)15-13(18-2)5-4-10-17-15/h4-10,14H,3,16H2,1-2H3. The van der Waals surface area contributed by atoms with E-state index in [4.69, 9.17) is 10.5 Å². The summed E-state index contributed by atoms with van der Waals surface area (Å²) in [5, 5.41) is 0. The first-order chi connectivity index (χ1) is 8.76. The number of aryl methyl sites for hydroxylation is 1.